The predicted molar refractivity (Wildman–Crippen MR) is 109 cm³/mol. The van der Waals surface area contributed by atoms with Gasteiger partial charge in [-0.2, -0.15) is 0 Å². The van der Waals surface area contributed by atoms with Crippen molar-refractivity contribution in [2.45, 2.75) is 0 Å². The lowest BCUT2D eigenvalue weighted by Gasteiger charge is -2.10. The van der Waals surface area contributed by atoms with Crippen LogP contribution in [0.3, 0.4) is 0 Å². The molecule has 2 N–H and O–H groups in total. The van der Waals surface area contributed by atoms with E-state index in [1.54, 1.807) is 0 Å². The first kappa shape index (κ1) is 17.0. The van der Waals surface area contributed by atoms with Crippen LogP contribution in [0, 0.1) is 0 Å². The van der Waals surface area contributed by atoms with E-state index < -0.39 is 6.67 Å². The van der Waals surface area contributed by atoms with Crippen LogP contribution in [0.1, 0.15) is 0 Å². The Hall–Kier alpha value is -3.47. The van der Waals surface area contributed by atoms with Gasteiger partial charge in [-0.3, -0.25) is 0 Å². The zero-order valence-electron chi connectivity index (χ0n) is 14.7. The topological polar surface area (TPSA) is 49.8 Å². The molecule has 0 saturated heterocycles. The molecule has 0 amide bonds. The summed E-state index contributed by atoms with van der Waals surface area (Å²) in [5.41, 5.74) is 4.85. The molecule has 1 aromatic heterocycles. The van der Waals surface area contributed by atoms with Gasteiger partial charge >= 0.3 is 0 Å². The second-order valence-electron chi connectivity index (χ2n) is 6.12. The molecule has 0 saturated carbocycles. The summed E-state index contributed by atoms with van der Waals surface area (Å²) < 4.78 is 12.2. The molecule has 4 nitrogen and oxygen atoms in total. The lowest BCUT2D eigenvalue weighted by Crippen LogP contribution is -2.03. The van der Waals surface area contributed by atoms with Gasteiger partial charge in [0.15, 0.2) is 0 Å². The van der Waals surface area contributed by atoms with Crippen molar-refractivity contribution in [1.82, 2.24) is 9.97 Å². The van der Waals surface area contributed by atoms with E-state index in [0.29, 0.717) is 12.5 Å². The minimum Gasteiger partial charge on any atom is -0.382 e. The molecule has 3 aromatic carbocycles. The summed E-state index contributed by atoms with van der Waals surface area (Å²) in [6, 6.07) is 23.9. The standard InChI is InChI=1S/C22H19FN4/c23-13-14-24-18-9-11-19(12-10-18)26-22-25-15-17-7-4-8-20(21(17)27-22)16-5-2-1-3-6-16/h1-12,15,24H,13-14H2,(H,25,26,27). The van der Waals surface area contributed by atoms with Crippen molar-refractivity contribution in [2.75, 3.05) is 23.9 Å². The van der Waals surface area contributed by atoms with E-state index in [2.05, 4.69) is 33.8 Å². The van der Waals surface area contributed by atoms with Crippen LogP contribution in [0.5, 0.6) is 0 Å². The van der Waals surface area contributed by atoms with Gasteiger partial charge in [-0.1, -0.05) is 48.5 Å². The highest BCUT2D eigenvalue weighted by Crippen LogP contribution is 2.28. The van der Waals surface area contributed by atoms with Crippen LogP contribution < -0.4 is 10.6 Å². The van der Waals surface area contributed by atoms with Crippen molar-refractivity contribution in [1.29, 1.82) is 0 Å². The zero-order valence-corrected chi connectivity index (χ0v) is 14.7. The van der Waals surface area contributed by atoms with Crippen molar-refractivity contribution in [3.63, 3.8) is 0 Å². The highest BCUT2D eigenvalue weighted by molar-refractivity contribution is 5.93. The number of fused-ring (bicyclic) bond motifs is 1. The normalized spacial score (nSPS) is 10.7. The number of nitrogens with zero attached hydrogens (tertiary/aromatic N) is 2. The van der Waals surface area contributed by atoms with Gasteiger partial charge in [-0.25, -0.2) is 14.4 Å². The Morgan fingerprint density at radius 2 is 1.59 bits per heavy atom. The summed E-state index contributed by atoms with van der Waals surface area (Å²) in [5, 5.41) is 7.23. The molecular weight excluding hydrogens is 339 g/mol. The third kappa shape index (κ3) is 3.87. The Morgan fingerprint density at radius 1 is 0.815 bits per heavy atom. The summed E-state index contributed by atoms with van der Waals surface area (Å²) >= 11 is 0. The number of hydrogen-bond donors (Lipinski definition) is 2. The van der Waals surface area contributed by atoms with Crippen molar-refractivity contribution >= 4 is 28.2 Å². The molecule has 27 heavy (non-hydrogen) atoms. The first-order valence-electron chi connectivity index (χ1n) is 8.81. The predicted octanol–water partition coefficient (Wildman–Crippen LogP) is 5.42. The van der Waals surface area contributed by atoms with Crippen LogP contribution in [0.25, 0.3) is 22.0 Å². The van der Waals surface area contributed by atoms with E-state index in [1.165, 1.54) is 0 Å². The van der Waals surface area contributed by atoms with E-state index in [9.17, 15) is 4.39 Å². The highest BCUT2D eigenvalue weighted by Gasteiger charge is 2.07. The molecule has 4 rings (SSSR count). The maximum absolute atomic E-state index is 12.2. The fraction of sp³-hybridized carbons (Fsp3) is 0.0909. The number of nitrogens with one attached hydrogen (secondary N) is 2. The number of anilines is 3. The van der Waals surface area contributed by atoms with Crippen LogP contribution in [0.4, 0.5) is 21.7 Å². The first-order chi connectivity index (χ1) is 13.3. The smallest absolute Gasteiger partial charge is 0.227 e. The van der Waals surface area contributed by atoms with Gasteiger partial charge < -0.3 is 10.6 Å². The summed E-state index contributed by atoms with van der Waals surface area (Å²) in [6.45, 7) is -0.0858. The zero-order chi connectivity index (χ0) is 18.5. The minimum atomic E-state index is -0.394. The van der Waals surface area contributed by atoms with Crippen LogP contribution in [0.2, 0.25) is 0 Å². The molecule has 1 heterocycles. The van der Waals surface area contributed by atoms with Gasteiger partial charge in [-0.15, -0.1) is 0 Å². The Kier molecular flexibility index (Phi) is 4.92. The van der Waals surface area contributed by atoms with E-state index >= 15 is 0 Å². The fourth-order valence-electron chi connectivity index (χ4n) is 2.96. The molecule has 0 spiro atoms. The van der Waals surface area contributed by atoms with Crippen LogP contribution in [-0.4, -0.2) is 23.2 Å². The Morgan fingerprint density at radius 3 is 2.37 bits per heavy atom. The minimum absolute atomic E-state index is 0.308. The summed E-state index contributed by atoms with van der Waals surface area (Å²) in [4.78, 5) is 9.15. The Balaban J connectivity index is 1.63. The average molecular weight is 358 g/mol. The molecular formula is C22H19FN4. The maximum atomic E-state index is 12.2. The molecule has 0 atom stereocenters. The SMILES string of the molecule is FCCNc1ccc(Nc2ncc3cccc(-c4ccccc4)c3n2)cc1. The van der Waals surface area contributed by atoms with E-state index in [1.807, 2.05) is 60.8 Å². The summed E-state index contributed by atoms with van der Waals surface area (Å²) in [7, 11) is 0. The number of benzene rings is 3. The lowest BCUT2D eigenvalue weighted by molar-refractivity contribution is 0.513. The number of alkyl halides is 1. The van der Waals surface area contributed by atoms with Crippen molar-refractivity contribution in [2.24, 2.45) is 0 Å². The molecule has 134 valence electrons. The van der Waals surface area contributed by atoms with Gasteiger partial charge in [0, 0.05) is 35.1 Å². The molecule has 0 aliphatic rings. The number of para-hydroxylation sites is 1. The maximum Gasteiger partial charge on any atom is 0.227 e. The Bertz CT molecular complexity index is 1030. The number of halogens is 1. The quantitative estimate of drug-likeness (QED) is 0.483. The number of rotatable bonds is 6. The molecule has 0 bridgehead atoms. The average Bonchev–Trinajstić information content (AvgIpc) is 2.73. The van der Waals surface area contributed by atoms with Gasteiger partial charge in [0.05, 0.1) is 5.52 Å². The van der Waals surface area contributed by atoms with Gasteiger partial charge in [0.25, 0.3) is 0 Å². The number of hydrogen-bond acceptors (Lipinski definition) is 4. The largest absolute Gasteiger partial charge is 0.382 e. The van der Waals surface area contributed by atoms with Crippen LogP contribution >= 0.6 is 0 Å². The highest BCUT2D eigenvalue weighted by atomic mass is 19.1. The lowest BCUT2D eigenvalue weighted by atomic mass is 10.0. The molecule has 0 fully saturated rings. The van der Waals surface area contributed by atoms with E-state index in [-0.39, 0.29) is 0 Å². The fourth-order valence-corrected chi connectivity index (χ4v) is 2.96. The van der Waals surface area contributed by atoms with Gasteiger partial charge in [0.2, 0.25) is 5.95 Å². The second-order valence-corrected chi connectivity index (χ2v) is 6.12. The molecule has 0 unspecified atom stereocenters. The Labute approximate surface area is 157 Å². The molecule has 0 aliphatic heterocycles. The first-order valence-corrected chi connectivity index (χ1v) is 8.81. The van der Waals surface area contributed by atoms with E-state index in [0.717, 1.165) is 33.4 Å². The molecule has 4 aromatic rings. The van der Waals surface area contributed by atoms with Crippen LogP contribution in [0.15, 0.2) is 79.0 Å². The molecule has 5 heteroatoms. The van der Waals surface area contributed by atoms with Crippen molar-refractivity contribution < 1.29 is 4.39 Å². The van der Waals surface area contributed by atoms with E-state index in [4.69, 9.17) is 4.98 Å². The molecule has 0 aliphatic carbocycles. The monoisotopic (exact) mass is 358 g/mol. The van der Waals surface area contributed by atoms with Gasteiger partial charge in [0.1, 0.15) is 6.67 Å². The van der Waals surface area contributed by atoms with Gasteiger partial charge in [-0.05, 0) is 29.8 Å². The van der Waals surface area contributed by atoms with Crippen LogP contribution in [-0.2, 0) is 0 Å². The molecule has 0 radical (unpaired) electrons. The van der Waals surface area contributed by atoms with Crippen molar-refractivity contribution in [3.05, 3.63) is 79.0 Å². The van der Waals surface area contributed by atoms with Crippen molar-refractivity contribution in [3.8, 4) is 11.1 Å². The summed E-state index contributed by atoms with van der Waals surface area (Å²) in [5.74, 6) is 0.537. The third-order valence-electron chi connectivity index (χ3n) is 4.26. The summed E-state index contributed by atoms with van der Waals surface area (Å²) in [6.07, 6.45) is 1.83. The third-order valence-corrected chi connectivity index (χ3v) is 4.26. The second kappa shape index (κ2) is 7.83. The number of aromatic nitrogens is 2.